The molecule has 1 aromatic carbocycles. The first-order valence-electron chi connectivity index (χ1n) is 6.58. The van der Waals surface area contributed by atoms with Gasteiger partial charge in [0, 0.05) is 18.2 Å². The number of ether oxygens (including phenoxy) is 1. The van der Waals surface area contributed by atoms with Crippen LogP contribution in [0.1, 0.15) is 31.9 Å². The van der Waals surface area contributed by atoms with Crippen molar-refractivity contribution < 1.29 is 18.3 Å². The number of hydrogen-bond acceptors (Lipinski definition) is 3. The summed E-state index contributed by atoms with van der Waals surface area (Å²) in [5, 5.41) is 5.72. The molecule has 0 heterocycles. The maximum absolute atomic E-state index is 12.3. The van der Waals surface area contributed by atoms with E-state index in [1.165, 1.54) is 6.07 Å². The molecule has 1 atom stereocenters. The van der Waals surface area contributed by atoms with Gasteiger partial charge in [-0.1, -0.05) is 25.1 Å². The van der Waals surface area contributed by atoms with E-state index in [0.29, 0.717) is 12.1 Å². The Morgan fingerprint density at radius 3 is 2.70 bits per heavy atom. The van der Waals surface area contributed by atoms with E-state index in [-0.39, 0.29) is 24.2 Å². The molecule has 1 amide bonds. The van der Waals surface area contributed by atoms with Crippen LogP contribution in [0.3, 0.4) is 0 Å². The zero-order valence-electron chi connectivity index (χ0n) is 11.7. The number of para-hydroxylation sites is 1. The summed E-state index contributed by atoms with van der Waals surface area (Å²) < 4.78 is 29.1. The number of carbonyl (C=O) groups is 1. The monoisotopic (exact) mass is 286 g/mol. The molecule has 0 aliphatic heterocycles. The zero-order chi connectivity index (χ0) is 15.0. The molecule has 2 N–H and O–H groups in total. The summed E-state index contributed by atoms with van der Waals surface area (Å²) in [7, 11) is 0. The predicted octanol–water partition coefficient (Wildman–Crippen LogP) is 2.46. The normalized spacial score (nSPS) is 12.2. The fraction of sp³-hybridized carbons (Fsp3) is 0.500. The minimum atomic E-state index is -2.86. The van der Waals surface area contributed by atoms with Gasteiger partial charge in [-0.3, -0.25) is 4.79 Å². The van der Waals surface area contributed by atoms with Gasteiger partial charge in [0.15, 0.2) is 0 Å². The van der Waals surface area contributed by atoms with Crippen LogP contribution in [0.5, 0.6) is 5.75 Å². The van der Waals surface area contributed by atoms with Gasteiger partial charge in [0.2, 0.25) is 5.91 Å². The molecule has 0 bridgehead atoms. The van der Waals surface area contributed by atoms with E-state index in [2.05, 4.69) is 15.4 Å². The number of amides is 1. The van der Waals surface area contributed by atoms with Crippen molar-refractivity contribution >= 4 is 5.91 Å². The summed E-state index contributed by atoms with van der Waals surface area (Å²) in [5.74, 6) is 0.00225. The third-order valence-corrected chi connectivity index (χ3v) is 2.74. The molecule has 0 radical (unpaired) electrons. The average molecular weight is 286 g/mol. The minimum absolute atomic E-state index is 0.119. The van der Waals surface area contributed by atoms with Crippen LogP contribution in [0.15, 0.2) is 24.3 Å². The van der Waals surface area contributed by atoms with Gasteiger partial charge in [0.1, 0.15) is 5.75 Å². The number of nitrogens with one attached hydrogen (secondary N) is 2. The van der Waals surface area contributed by atoms with Crippen LogP contribution in [-0.2, 0) is 4.79 Å². The molecule has 0 fully saturated rings. The molecule has 20 heavy (non-hydrogen) atoms. The molecule has 1 rings (SSSR count). The second-order valence-electron chi connectivity index (χ2n) is 4.37. The van der Waals surface area contributed by atoms with Gasteiger partial charge in [0.05, 0.1) is 6.54 Å². The summed E-state index contributed by atoms with van der Waals surface area (Å²) in [6.07, 6.45) is 0.867. The Labute approximate surface area is 117 Å². The van der Waals surface area contributed by atoms with Crippen molar-refractivity contribution in [3.63, 3.8) is 0 Å². The van der Waals surface area contributed by atoms with E-state index >= 15 is 0 Å². The maximum atomic E-state index is 12.3. The second-order valence-corrected chi connectivity index (χ2v) is 4.37. The summed E-state index contributed by atoms with van der Waals surface area (Å²) in [6, 6.07) is 6.28. The van der Waals surface area contributed by atoms with Crippen molar-refractivity contribution in [1.82, 2.24) is 10.6 Å². The lowest BCUT2D eigenvalue weighted by Gasteiger charge is -2.17. The summed E-state index contributed by atoms with van der Waals surface area (Å²) >= 11 is 0. The number of carbonyl (C=O) groups excluding carboxylic acids is 1. The lowest BCUT2D eigenvalue weighted by molar-refractivity contribution is -0.120. The van der Waals surface area contributed by atoms with Crippen molar-refractivity contribution in [3.8, 4) is 5.75 Å². The van der Waals surface area contributed by atoms with Crippen LogP contribution in [0, 0.1) is 0 Å². The predicted molar refractivity (Wildman–Crippen MR) is 72.8 cm³/mol. The smallest absolute Gasteiger partial charge is 0.387 e. The SMILES string of the molecule is CCCNC(=O)CNC(C)c1ccccc1OC(F)F. The van der Waals surface area contributed by atoms with E-state index < -0.39 is 6.61 Å². The van der Waals surface area contributed by atoms with Gasteiger partial charge in [-0.2, -0.15) is 8.78 Å². The van der Waals surface area contributed by atoms with Gasteiger partial charge in [-0.05, 0) is 19.4 Å². The first-order chi connectivity index (χ1) is 9.54. The van der Waals surface area contributed by atoms with Crippen LogP contribution < -0.4 is 15.4 Å². The molecule has 1 aromatic rings. The lowest BCUT2D eigenvalue weighted by atomic mass is 10.1. The number of benzene rings is 1. The quantitative estimate of drug-likeness (QED) is 0.772. The summed E-state index contributed by atoms with van der Waals surface area (Å²) in [4.78, 5) is 11.5. The Morgan fingerprint density at radius 2 is 2.05 bits per heavy atom. The van der Waals surface area contributed by atoms with Crippen LogP contribution >= 0.6 is 0 Å². The van der Waals surface area contributed by atoms with E-state index in [0.717, 1.165) is 6.42 Å². The highest BCUT2D eigenvalue weighted by Crippen LogP contribution is 2.25. The van der Waals surface area contributed by atoms with E-state index in [1.807, 2.05) is 6.92 Å². The highest BCUT2D eigenvalue weighted by Gasteiger charge is 2.14. The van der Waals surface area contributed by atoms with Crippen LogP contribution in [0.2, 0.25) is 0 Å². The second kappa shape index (κ2) is 8.47. The average Bonchev–Trinajstić information content (AvgIpc) is 2.42. The van der Waals surface area contributed by atoms with Crippen LogP contribution in [0.4, 0.5) is 8.78 Å². The van der Waals surface area contributed by atoms with Crippen molar-refractivity contribution in [3.05, 3.63) is 29.8 Å². The Bertz CT molecular complexity index is 427. The Morgan fingerprint density at radius 1 is 1.35 bits per heavy atom. The van der Waals surface area contributed by atoms with E-state index in [4.69, 9.17) is 0 Å². The molecule has 112 valence electrons. The molecule has 6 heteroatoms. The first kappa shape index (κ1) is 16.4. The summed E-state index contributed by atoms with van der Waals surface area (Å²) in [5.41, 5.74) is 0.594. The van der Waals surface area contributed by atoms with Crippen molar-refractivity contribution in [1.29, 1.82) is 0 Å². The van der Waals surface area contributed by atoms with E-state index in [1.54, 1.807) is 25.1 Å². The highest BCUT2D eigenvalue weighted by molar-refractivity contribution is 5.78. The number of alkyl halides is 2. The van der Waals surface area contributed by atoms with Crippen LogP contribution in [-0.4, -0.2) is 25.6 Å². The Balaban J connectivity index is 2.58. The molecule has 0 spiro atoms. The third-order valence-electron chi connectivity index (χ3n) is 2.74. The highest BCUT2D eigenvalue weighted by atomic mass is 19.3. The largest absolute Gasteiger partial charge is 0.434 e. The van der Waals surface area contributed by atoms with Crippen molar-refractivity contribution in [2.75, 3.05) is 13.1 Å². The van der Waals surface area contributed by atoms with Gasteiger partial charge < -0.3 is 15.4 Å². The molecular formula is C14H20F2N2O2. The minimum Gasteiger partial charge on any atom is -0.434 e. The fourth-order valence-electron chi connectivity index (χ4n) is 1.72. The summed E-state index contributed by atoms with van der Waals surface area (Å²) in [6.45, 7) is 1.65. The zero-order valence-corrected chi connectivity index (χ0v) is 11.7. The Hall–Kier alpha value is -1.69. The van der Waals surface area contributed by atoms with E-state index in [9.17, 15) is 13.6 Å². The fourth-order valence-corrected chi connectivity index (χ4v) is 1.72. The van der Waals surface area contributed by atoms with Gasteiger partial charge in [0.25, 0.3) is 0 Å². The molecule has 0 aliphatic rings. The van der Waals surface area contributed by atoms with Gasteiger partial charge >= 0.3 is 6.61 Å². The Kier molecular flexibility index (Phi) is 6.93. The molecule has 0 aliphatic carbocycles. The number of hydrogen-bond donors (Lipinski definition) is 2. The topological polar surface area (TPSA) is 50.4 Å². The van der Waals surface area contributed by atoms with Crippen molar-refractivity contribution in [2.24, 2.45) is 0 Å². The maximum Gasteiger partial charge on any atom is 0.387 e. The van der Waals surface area contributed by atoms with Crippen molar-refractivity contribution in [2.45, 2.75) is 32.9 Å². The molecule has 1 unspecified atom stereocenters. The molecule has 0 saturated heterocycles. The first-order valence-corrected chi connectivity index (χ1v) is 6.58. The molecular weight excluding hydrogens is 266 g/mol. The number of halogens is 2. The van der Waals surface area contributed by atoms with Gasteiger partial charge in [-0.25, -0.2) is 0 Å². The molecule has 4 nitrogen and oxygen atoms in total. The van der Waals surface area contributed by atoms with Crippen LogP contribution in [0.25, 0.3) is 0 Å². The third kappa shape index (κ3) is 5.52. The standard InChI is InChI=1S/C14H20F2N2O2/c1-3-8-17-13(19)9-18-10(2)11-6-4-5-7-12(11)20-14(15)16/h4-7,10,14,18H,3,8-9H2,1-2H3,(H,17,19). The van der Waals surface area contributed by atoms with Gasteiger partial charge in [-0.15, -0.1) is 0 Å². The number of rotatable bonds is 8. The lowest BCUT2D eigenvalue weighted by Crippen LogP contribution is -2.35. The molecule has 0 aromatic heterocycles. The molecule has 0 saturated carbocycles.